The lowest BCUT2D eigenvalue weighted by Crippen LogP contribution is -2.34. The van der Waals surface area contributed by atoms with Crippen molar-refractivity contribution >= 4 is 0 Å². The minimum Gasteiger partial charge on any atom is -0.310 e. The molecule has 1 aromatic heterocycles. The number of aryl methyl sites for hydroxylation is 1. The second-order valence-corrected chi connectivity index (χ2v) is 5.38. The van der Waals surface area contributed by atoms with Gasteiger partial charge in [0.15, 0.2) is 0 Å². The Morgan fingerprint density at radius 2 is 2.06 bits per heavy atom. The van der Waals surface area contributed by atoms with E-state index in [2.05, 4.69) is 29.4 Å². The van der Waals surface area contributed by atoms with E-state index in [0.29, 0.717) is 6.04 Å². The Balaban J connectivity index is 1.78. The van der Waals surface area contributed by atoms with Gasteiger partial charge >= 0.3 is 0 Å². The molecule has 2 nitrogen and oxygen atoms in total. The molecule has 1 saturated carbocycles. The maximum Gasteiger partial charge on any atom is 0.0372 e. The third kappa shape index (κ3) is 3.81. The van der Waals surface area contributed by atoms with E-state index in [0.717, 1.165) is 18.2 Å². The first-order valence-electron chi connectivity index (χ1n) is 6.90. The van der Waals surface area contributed by atoms with Gasteiger partial charge in [-0.15, -0.1) is 0 Å². The van der Waals surface area contributed by atoms with E-state index in [1.54, 1.807) is 0 Å². The Morgan fingerprint density at radius 3 is 2.71 bits per heavy atom. The van der Waals surface area contributed by atoms with Crippen molar-refractivity contribution in [2.75, 3.05) is 0 Å². The summed E-state index contributed by atoms with van der Waals surface area (Å²) in [6.07, 6.45) is 9.06. The van der Waals surface area contributed by atoms with Crippen LogP contribution in [-0.2, 0) is 6.54 Å². The first-order valence-corrected chi connectivity index (χ1v) is 6.90. The van der Waals surface area contributed by atoms with Crippen molar-refractivity contribution in [3.05, 3.63) is 29.6 Å². The smallest absolute Gasteiger partial charge is 0.0372 e. The molecule has 0 saturated heterocycles. The molecule has 1 aliphatic carbocycles. The van der Waals surface area contributed by atoms with Gasteiger partial charge in [0.25, 0.3) is 0 Å². The van der Waals surface area contributed by atoms with Crippen molar-refractivity contribution in [3.8, 4) is 0 Å². The predicted octanol–water partition coefficient (Wildman–Crippen LogP) is 3.45. The first-order chi connectivity index (χ1) is 8.25. The maximum absolute atomic E-state index is 4.33. The molecule has 1 fully saturated rings. The van der Waals surface area contributed by atoms with E-state index in [-0.39, 0.29) is 0 Å². The predicted molar refractivity (Wildman–Crippen MR) is 71.9 cm³/mol. The van der Waals surface area contributed by atoms with Gasteiger partial charge in [-0.25, -0.2) is 0 Å². The molecule has 0 spiro atoms. The number of aromatic nitrogens is 1. The topological polar surface area (TPSA) is 24.9 Å². The van der Waals surface area contributed by atoms with Crippen LogP contribution in [0.5, 0.6) is 0 Å². The van der Waals surface area contributed by atoms with E-state index < -0.39 is 0 Å². The minimum atomic E-state index is 0.636. The number of pyridine rings is 1. The monoisotopic (exact) mass is 232 g/mol. The fourth-order valence-electron chi connectivity index (χ4n) is 2.68. The summed E-state index contributed by atoms with van der Waals surface area (Å²) in [6, 6.07) is 4.89. The first kappa shape index (κ1) is 12.6. The molecule has 0 aliphatic heterocycles. The summed E-state index contributed by atoms with van der Waals surface area (Å²) in [5.41, 5.74) is 2.38. The molecule has 0 radical (unpaired) electrons. The number of hydrogen-bond acceptors (Lipinski definition) is 2. The second-order valence-electron chi connectivity index (χ2n) is 5.38. The third-order valence-electron chi connectivity index (χ3n) is 3.96. The van der Waals surface area contributed by atoms with Crippen LogP contribution in [0.3, 0.4) is 0 Å². The highest BCUT2D eigenvalue weighted by molar-refractivity contribution is 5.12. The lowest BCUT2D eigenvalue weighted by atomic mass is 9.84. The standard InChI is InChI=1S/C15H24N2/c1-12-8-9-14(10-16-12)11-17-13(2)15-6-4-3-5-7-15/h8-10,13,15,17H,3-7,11H2,1-2H3/t13-/m0/s1. The van der Waals surface area contributed by atoms with Crippen LogP contribution in [0, 0.1) is 12.8 Å². The molecule has 2 heteroatoms. The molecule has 1 aliphatic rings. The lowest BCUT2D eigenvalue weighted by molar-refractivity contribution is 0.280. The molecule has 0 bridgehead atoms. The highest BCUT2D eigenvalue weighted by Gasteiger charge is 2.19. The van der Waals surface area contributed by atoms with E-state index in [9.17, 15) is 0 Å². The van der Waals surface area contributed by atoms with Crippen LogP contribution in [-0.4, -0.2) is 11.0 Å². The van der Waals surface area contributed by atoms with Crippen LogP contribution >= 0.6 is 0 Å². The molecule has 1 atom stereocenters. The van der Waals surface area contributed by atoms with E-state index in [1.165, 1.54) is 37.7 Å². The van der Waals surface area contributed by atoms with Gasteiger partial charge in [0.05, 0.1) is 0 Å². The molecular weight excluding hydrogens is 208 g/mol. The van der Waals surface area contributed by atoms with Gasteiger partial charge < -0.3 is 5.32 Å². The van der Waals surface area contributed by atoms with Gasteiger partial charge in [0.2, 0.25) is 0 Å². The molecule has 17 heavy (non-hydrogen) atoms. The van der Waals surface area contributed by atoms with Crippen molar-refractivity contribution in [2.45, 2.75) is 58.5 Å². The number of nitrogens with one attached hydrogen (secondary N) is 1. The van der Waals surface area contributed by atoms with Gasteiger partial charge in [-0.2, -0.15) is 0 Å². The van der Waals surface area contributed by atoms with Crippen molar-refractivity contribution in [1.29, 1.82) is 0 Å². The Morgan fingerprint density at radius 1 is 1.29 bits per heavy atom. The zero-order chi connectivity index (χ0) is 12.1. The molecule has 1 heterocycles. The van der Waals surface area contributed by atoms with Crippen LogP contribution in [0.2, 0.25) is 0 Å². The van der Waals surface area contributed by atoms with Gasteiger partial charge in [-0.05, 0) is 44.2 Å². The van der Waals surface area contributed by atoms with Crippen LogP contribution < -0.4 is 5.32 Å². The van der Waals surface area contributed by atoms with Crippen molar-refractivity contribution < 1.29 is 0 Å². The van der Waals surface area contributed by atoms with Crippen LogP contribution in [0.25, 0.3) is 0 Å². The minimum absolute atomic E-state index is 0.636. The summed E-state index contributed by atoms with van der Waals surface area (Å²) in [6.45, 7) is 5.31. The summed E-state index contributed by atoms with van der Waals surface area (Å²) in [5, 5.41) is 3.65. The van der Waals surface area contributed by atoms with Crippen molar-refractivity contribution in [3.63, 3.8) is 0 Å². The van der Waals surface area contributed by atoms with Gasteiger partial charge in [0, 0.05) is 24.5 Å². The largest absolute Gasteiger partial charge is 0.310 e. The summed E-state index contributed by atoms with van der Waals surface area (Å²) in [5.74, 6) is 0.877. The lowest BCUT2D eigenvalue weighted by Gasteiger charge is -2.28. The zero-order valence-electron chi connectivity index (χ0n) is 11.1. The molecule has 2 rings (SSSR count). The summed E-state index contributed by atoms with van der Waals surface area (Å²) >= 11 is 0. The molecule has 0 unspecified atom stereocenters. The summed E-state index contributed by atoms with van der Waals surface area (Å²) in [7, 11) is 0. The normalized spacial score (nSPS) is 19.2. The quantitative estimate of drug-likeness (QED) is 0.860. The van der Waals surface area contributed by atoms with Crippen molar-refractivity contribution in [1.82, 2.24) is 10.3 Å². The van der Waals surface area contributed by atoms with Crippen LogP contribution in [0.15, 0.2) is 18.3 Å². The number of nitrogens with zero attached hydrogens (tertiary/aromatic N) is 1. The molecule has 94 valence electrons. The Hall–Kier alpha value is -0.890. The molecular formula is C15H24N2. The molecule has 1 aromatic rings. The van der Waals surface area contributed by atoms with Crippen LogP contribution in [0.4, 0.5) is 0 Å². The Labute approximate surface area is 105 Å². The fourth-order valence-corrected chi connectivity index (χ4v) is 2.68. The van der Waals surface area contributed by atoms with Gasteiger partial charge in [-0.1, -0.05) is 25.3 Å². The highest BCUT2D eigenvalue weighted by Crippen LogP contribution is 2.26. The average Bonchev–Trinajstić information content (AvgIpc) is 2.39. The average molecular weight is 232 g/mol. The van der Waals surface area contributed by atoms with Crippen LogP contribution in [0.1, 0.15) is 50.3 Å². The zero-order valence-corrected chi connectivity index (χ0v) is 11.1. The van der Waals surface area contributed by atoms with E-state index in [1.807, 2.05) is 13.1 Å². The Kier molecular flexibility index (Phi) is 4.55. The van der Waals surface area contributed by atoms with E-state index in [4.69, 9.17) is 0 Å². The third-order valence-corrected chi connectivity index (χ3v) is 3.96. The molecule has 0 amide bonds. The highest BCUT2D eigenvalue weighted by atomic mass is 14.9. The number of hydrogen-bond donors (Lipinski definition) is 1. The van der Waals surface area contributed by atoms with Crippen molar-refractivity contribution in [2.24, 2.45) is 5.92 Å². The summed E-state index contributed by atoms with van der Waals surface area (Å²) < 4.78 is 0. The van der Waals surface area contributed by atoms with Gasteiger partial charge in [0.1, 0.15) is 0 Å². The van der Waals surface area contributed by atoms with E-state index >= 15 is 0 Å². The SMILES string of the molecule is Cc1ccc(CN[C@@H](C)C2CCCCC2)cn1. The summed E-state index contributed by atoms with van der Waals surface area (Å²) in [4.78, 5) is 4.33. The number of rotatable bonds is 4. The Bertz CT molecular complexity index is 325. The second kappa shape index (κ2) is 6.15. The maximum atomic E-state index is 4.33. The molecule has 0 aromatic carbocycles. The fraction of sp³-hybridized carbons (Fsp3) is 0.667. The molecule has 1 N–H and O–H groups in total. The van der Waals surface area contributed by atoms with Gasteiger partial charge in [-0.3, -0.25) is 4.98 Å².